The number of cyclic esters (lactones) is 2. The lowest BCUT2D eigenvalue weighted by molar-refractivity contribution is -0.150. The van der Waals surface area contributed by atoms with Crippen LogP contribution in [0.2, 0.25) is 0 Å². The first-order valence-corrected chi connectivity index (χ1v) is 7.63. The summed E-state index contributed by atoms with van der Waals surface area (Å²) in [6.45, 7) is 2.69. The molecule has 1 unspecified atom stereocenters. The first-order chi connectivity index (χ1) is 11.9. The van der Waals surface area contributed by atoms with Crippen LogP contribution in [-0.2, 0) is 19.1 Å². The molecule has 0 fully saturated rings. The van der Waals surface area contributed by atoms with Gasteiger partial charge in [-0.25, -0.2) is 9.59 Å². The highest BCUT2D eigenvalue weighted by Crippen LogP contribution is 1.92. The van der Waals surface area contributed by atoms with Crippen molar-refractivity contribution in [3.8, 4) is 0 Å². The maximum absolute atomic E-state index is 9.92. The third-order valence-corrected chi connectivity index (χ3v) is 1.81. The molecule has 0 aromatic rings. The molecular weight excluding hydrogens is 340 g/mol. The lowest BCUT2D eigenvalue weighted by atomic mass is 10.5. The molecule has 1 atom stereocenters. The molecule has 0 radical (unpaired) electrons. The molecule has 1 aliphatic heterocycles. The van der Waals surface area contributed by atoms with Gasteiger partial charge < -0.3 is 40.1 Å². The average molecular weight is 370 g/mol. The number of ether oxygens (including phenoxy) is 2. The standard InChI is InChI=1S/C6H14O3.C4H2O3.C3H8O2.C2H6O2/c7-3-1-5-9-6-2-4-8;5-3-1-2-4(6)7-3;1-3(5)2-4;3-1-2-4/h7-8H,1-6H2;1-2H;3-5H,2H2,1H3;3-4H,1-2H2. The summed E-state index contributed by atoms with van der Waals surface area (Å²) in [5.74, 6) is -1.16. The molecule has 0 saturated carbocycles. The van der Waals surface area contributed by atoms with Crippen LogP contribution in [0, 0.1) is 0 Å². The molecule has 0 aromatic carbocycles. The zero-order valence-corrected chi connectivity index (χ0v) is 14.4. The van der Waals surface area contributed by atoms with Gasteiger partial charge >= 0.3 is 11.9 Å². The highest BCUT2D eigenvalue weighted by molar-refractivity contribution is 6.04. The van der Waals surface area contributed by atoms with Gasteiger partial charge in [0.25, 0.3) is 0 Å². The van der Waals surface area contributed by atoms with Gasteiger partial charge in [0.15, 0.2) is 0 Å². The molecule has 10 heteroatoms. The van der Waals surface area contributed by atoms with Crippen LogP contribution in [0.3, 0.4) is 0 Å². The van der Waals surface area contributed by atoms with E-state index in [0.29, 0.717) is 26.1 Å². The molecular formula is C15H30O10. The van der Waals surface area contributed by atoms with E-state index in [9.17, 15) is 9.59 Å². The maximum atomic E-state index is 9.92. The highest BCUT2D eigenvalue weighted by atomic mass is 16.6. The Hall–Kier alpha value is -1.40. The van der Waals surface area contributed by atoms with Crippen LogP contribution in [0.4, 0.5) is 0 Å². The van der Waals surface area contributed by atoms with Crippen molar-refractivity contribution in [2.45, 2.75) is 25.9 Å². The topological polar surface area (TPSA) is 174 Å². The van der Waals surface area contributed by atoms with E-state index >= 15 is 0 Å². The van der Waals surface area contributed by atoms with Gasteiger partial charge in [-0.05, 0) is 19.8 Å². The van der Waals surface area contributed by atoms with E-state index in [2.05, 4.69) is 4.74 Å². The van der Waals surface area contributed by atoms with E-state index in [1.807, 2.05) is 0 Å². The zero-order chi connectivity index (χ0) is 19.9. The summed E-state index contributed by atoms with van der Waals surface area (Å²) in [5, 5.41) is 47.8. The molecule has 10 nitrogen and oxygen atoms in total. The molecule has 0 spiro atoms. The number of esters is 2. The van der Waals surface area contributed by atoms with Gasteiger partial charge in [-0.1, -0.05) is 0 Å². The van der Waals surface area contributed by atoms with E-state index in [-0.39, 0.29) is 33.0 Å². The molecule has 25 heavy (non-hydrogen) atoms. The Balaban J connectivity index is -0.000000271. The summed E-state index contributed by atoms with van der Waals surface area (Å²) in [7, 11) is 0. The Kier molecular flexibility index (Phi) is 28.2. The molecule has 0 amide bonds. The second-order valence-electron chi connectivity index (χ2n) is 4.32. The van der Waals surface area contributed by atoms with E-state index in [1.165, 1.54) is 6.92 Å². The minimum atomic E-state index is -0.579. The first kappa shape index (κ1) is 28.4. The number of aliphatic hydroxyl groups is 6. The Bertz CT molecular complexity index is 293. The van der Waals surface area contributed by atoms with Crippen molar-refractivity contribution in [3.63, 3.8) is 0 Å². The Morgan fingerprint density at radius 2 is 1.24 bits per heavy atom. The van der Waals surface area contributed by atoms with Crippen LogP contribution in [0.5, 0.6) is 0 Å². The molecule has 1 rings (SSSR count). The van der Waals surface area contributed by atoms with Crippen molar-refractivity contribution >= 4 is 11.9 Å². The summed E-state index contributed by atoms with van der Waals surface area (Å²) in [6.07, 6.45) is 2.98. The number of rotatable bonds is 8. The molecule has 1 aliphatic rings. The van der Waals surface area contributed by atoms with Gasteiger partial charge in [-0.15, -0.1) is 0 Å². The SMILES string of the molecule is CC(O)CO.O=C1C=CC(=O)O1.OCCCOCCCO.OCCO. The summed E-state index contributed by atoms with van der Waals surface area (Å²) in [6, 6.07) is 0. The van der Waals surface area contributed by atoms with E-state index < -0.39 is 18.0 Å². The average Bonchev–Trinajstić information content (AvgIpc) is 2.99. The molecule has 6 N–H and O–H groups in total. The van der Waals surface area contributed by atoms with Crippen molar-refractivity contribution in [2.75, 3.05) is 46.2 Å². The fraction of sp³-hybridized carbons (Fsp3) is 0.733. The third-order valence-electron chi connectivity index (χ3n) is 1.81. The summed E-state index contributed by atoms with van der Waals surface area (Å²) >= 11 is 0. The number of hydrogen-bond acceptors (Lipinski definition) is 10. The lowest BCUT2D eigenvalue weighted by Gasteiger charge is -1.99. The van der Waals surface area contributed by atoms with Gasteiger partial charge in [-0.3, -0.25) is 0 Å². The van der Waals surface area contributed by atoms with Gasteiger partial charge in [0.05, 0.1) is 25.9 Å². The quantitative estimate of drug-likeness (QED) is 0.155. The van der Waals surface area contributed by atoms with Crippen LogP contribution in [0.25, 0.3) is 0 Å². The van der Waals surface area contributed by atoms with Crippen molar-refractivity contribution < 1.29 is 49.7 Å². The first-order valence-electron chi connectivity index (χ1n) is 7.63. The van der Waals surface area contributed by atoms with E-state index in [1.54, 1.807) is 0 Å². The molecule has 0 aliphatic carbocycles. The predicted octanol–water partition coefficient (Wildman–Crippen LogP) is -2.28. The molecule has 150 valence electrons. The monoisotopic (exact) mass is 370 g/mol. The van der Waals surface area contributed by atoms with Crippen LogP contribution in [0.1, 0.15) is 19.8 Å². The molecule has 0 bridgehead atoms. The zero-order valence-electron chi connectivity index (χ0n) is 14.4. The van der Waals surface area contributed by atoms with Crippen LogP contribution in [-0.4, -0.2) is 94.9 Å². The Labute approximate surface area is 146 Å². The fourth-order valence-electron chi connectivity index (χ4n) is 0.739. The van der Waals surface area contributed by atoms with Crippen LogP contribution in [0.15, 0.2) is 12.2 Å². The van der Waals surface area contributed by atoms with Gasteiger partial charge in [0.2, 0.25) is 0 Å². The summed E-state index contributed by atoms with van der Waals surface area (Å²) in [5.41, 5.74) is 0. The van der Waals surface area contributed by atoms with Gasteiger partial charge in [0, 0.05) is 38.6 Å². The normalized spacial score (nSPS) is 12.8. The van der Waals surface area contributed by atoms with Crippen molar-refractivity contribution in [1.29, 1.82) is 0 Å². The maximum Gasteiger partial charge on any atom is 0.338 e. The summed E-state index contributed by atoms with van der Waals surface area (Å²) < 4.78 is 8.97. The molecule has 0 saturated heterocycles. The Morgan fingerprint density at radius 1 is 0.880 bits per heavy atom. The van der Waals surface area contributed by atoms with E-state index in [0.717, 1.165) is 12.2 Å². The second kappa shape index (κ2) is 24.8. The number of aliphatic hydroxyl groups excluding tert-OH is 6. The van der Waals surface area contributed by atoms with Crippen molar-refractivity contribution in [2.24, 2.45) is 0 Å². The largest absolute Gasteiger partial charge is 0.396 e. The third kappa shape index (κ3) is 34.8. The molecule has 1 heterocycles. The van der Waals surface area contributed by atoms with Gasteiger partial charge in [0.1, 0.15) is 0 Å². The van der Waals surface area contributed by atoms with Crippen LogP contribution < -0.4 is 0 Å². The fourth-order valence-corrected chi connectivity index (χ4v) is 0.739. The number of carbonyl (C=O) groups excluding carboxylic acids is 2. The number of carbonyl (C=O) groups is 2. The van der Waals surface area contributed by atoms with E-state index in [4.69, 9.17) is 35.4 Å². The van der Waals surface area contributed by atoms with Gasteiger partial charge in [-0.2, -0.15) is 0 Å². The predicted molar refractivity (Wildman–Crippen MR) is 87.4 cm³/mol. The second-order valence-corrected chi connectivity index (χ2v) is 4.32. The van der Waals surface area contributed by atoms with Crippen molar-refractivity contribution in [1.82, 2.24) is 0 Å². The minimum Gasteiger partial charge on any atom is -0.396 e. The molecule has 0 aromatic heterocycles. The van der Waals surface area contributed by atoms with Crippen LogP contribution >= 0.6 is 0 Å². The van der Waals surface area contributed by atoms with Crippen molar-refractivity contribution in [3.05, 3.63) is 12.2 Å². The smallest absolute Gasteiger partial charge is 0.338 e. The lowest BCUT2D eigenvalue weighted by Crippen LogP contribution is -2.03. The number of hydrogen-bond donors (Lipinski definition) is 6. The highest BCUT2D eigenvalue weighted by Gasteiger charge is 2.10. The minimum absolute atomic E-state index is 0.125. The summed E-state index contributed by atoms with van der Waals surface area (Å²) in [4.78, 5) is 19.8. The Morgan fingerprint density at radius 3 is 1.40 bits per heavy atom.